The molecule has 0 unspecified atom stereocenters. The monoisotopic (exact) mass is 299 g/mol. The van der Waals surface area contributed by atoms with Crippen molar-refractivity contribution in [3.05, 3.63) is 65.6 Å². The van der Waals surface area contributed by atoms with Gasteiger partial charge in [-0.15, -0.1) is 0 Å². The van der Waals surface area contributed by atoms with Crippen LogP contribution in [-0.2, 0) is 20.9 Å². The second-order valence-electron chi connectivity index (χ2n) is 4.71. The highest BCUT2D eigenvalue weighted by Gasteiger charge is 2.05. The molecule has 1 aromatic carbocycles. The third-order valence-electron chi connectivity index (χ3n) is 2.84. The summed E-state index contributed by atoms with van der Waals surface area (Å²) in [6, 6.07) is 11.2. The molecule has 0 atom stereocenters. The summed E-state index contributed by atoms with van der Waals surface area (Å²) in [5, 5.41) is 2.59. The molecule has 22 heavy (non-hydrogen) atoms. The van der Waals surface area contributed by atoms with Gasteiger partial charge < -0.3 is 14.5 Å². The van der Waals surface area contributed by atoms with Gasteiger partial charge in [0, 0.05) is 6.08 Å². The first-order valence-electron chi connectivity index (χ1n) is 6.84. The zero-order valence-corrected chi connectivity index (χ0v) is 12.2. The Morgan fingerprint density at radius 2 is 2.14 bits per heavy atom. The average molecular weight is 299 g/mol. The lowest BCUT2D eigenvalue weighted by atomic mass is 10.1. The van der Waals surface area contributed by atoms with Crippen LogP contribution in [0.2, 0.25) is 0 Å². The largest absolute Gasteiger partial charge is 0.467 e. The third-order valence-corrected chi connectivity index (χ3v) is 2.84. The molecule has 0 bridgehead atoms. The average Bonchev–Trinajstić information content (AvgIpc) is 3.02. The van der Waals surface area contributed by atoms with Crippen molar-refractivity contribution in [2.24, 2.45) is 0 Å². The van der Waals surface area contributed by atoms with Crippen molar-refractivity contribution in [1.82, 2.24) is 5.32 Å². The summed E-state index contributed by atoms with van der Waals surface area (Å²) in [6.45, 7) is 1.92. The van der Waals surface area contributed by atoms with E-state index in [0.29, 0.717) is 5.76 Å². The Kier molecular flexibility index (Phi) is 5.54. The summed E-state index contributed by atoms with van der Waals surface area (Å²) in [5.74, 6) is -0.303. The number of rotatable bonds is 6. The number of benzene rings is 1. The molecule has 0 radical (unpaired) electrons. The van der Waals surface area contributed by atoms with E-state index in [0.717, 1.165) is 11.1 Å². The number of hydrogen-bond acceptors (Lipinski definition) is 4. The van der Waals surface area contributed by atoms with Crippen LogP contribution in [0.3, 0.4) is 0 Å². The smallest absolute Gasteiger partial charge is 0.331 e. The van der Waals surface area contributed by atoms with Crippen LogP contribution in [0.15, 0.2) is 53.2 Å². The van der Waals surface area contributed by atoms with E-state index in [1.54, 1.807) is 18.2 Å². The topological polar surface area (TPSA) is 68.5 Å². The lowest BCUT2D eigenvalue weighted by Gasteiger charge is -2.03. The van der Waals surface area contributed by atoms with Gasteiger partial charge in [0.25, 0.3) is 5.91 Å². The summed E-state index contributed by atoms with van der Waals surface area (Å²) in [5.41, 5.74) is 2.01. The summed E-state index contributed by atoms with van der Waals surface area (Å²) in [7, 11) is 0. The maximum atomic E-state index is 11.5. The Balaban J connectivity index is 1.71. The van der Waals surface area contributed by atoms with Crippen LogP contribution >= 0.6 is 0 Å². The second kappa shape index (κ2) is 7.83. The Morgan fingerprint density at radius 1 is 1.27 bits per heavy atom. The molecule has 1 aromatic heterocycles. The number of carbonyl (C=O) groups excluding carboxylic acids is 2. The first-order valence-corrected chi connectivity index (χ1v) is 6.84. The molecule has 1 N–H and O–H groups in total. The lowest BCUT2D eigenvalue weighted by molar-refractivity contribution is -0.143. The molecule has 5 nitrogen and oxygen atoms in total. The fraction of sp³-hybridized carbons (Fsp3) is 0.176. The Bertz CT molecular complexity index is 659. The molecule has 2 aromatic rings. The number of furan rings is 1. The van der Waals surface area contributed by atoms with Gasteiger partial charge >= 0.3 is 5.97 Å². The van der Waals surface area contributed by atoms with Gasteiger partial charge in [-0.05, 0) is 30.7 Å². The summed E-state index contributed by atoms with van der Waals surface area (Å²) in [4.78, 5) is 23.0. The minimum Gasteiger partial charge on any atom is -0.467 e. The molecule has 1 heterocycles. The predicted octanol–water partition coefficient (Wildman–Crippen LogP) is 2.46. The van der Waals surface area contributed by atoms with Gasteiger partial charge in [-0.3, -0.25) is 4.79 Å². The first kappa shape index (κ1) is 15.6. The zero-order valence-electron chi connectivity index (χ0n) is 12.2. The van der Waals surface area contributed by atoms with Crippen LogP contribution in [0.1, 0.15) is 16.9 Å². The van der Waals surface area contributed by atoms with Gasteiger partial charge in [0.15, 0.2) is 6.61 Å². The molecular formula is C17H17NO4. The lowest BCUT2D eigenvalue weighted by Crippen LogP contribution is -2.27. The van der Waals surface area contributed by atoms with Gasteiger partial charge in [0.05, 0.1) is 12.8 Å². The van der Waals surface area contributed by atoms with Crippen LogP contribution in [-0.4, -0.2) is 18.5 Å². The summed E-state index contributed by atoms with van der Waals surface area (Å²) >= 11 is 0. The molecule has 5 heteroatoms. The predicted molar refractivity (Wildman–Crippen MR) is 81.7 cm³/mol. The van der Waals surface area contributed by atoms with Crippen LogP contribution in [0.5, 0.6) is 0 Å². The first-order chi connectivity index (χ1) is 10.6. The van der Waals surface area contributed by atoms with Gasteiger partial charge in [0.1, 0.15) is 5.76 Å². The molecule has 0 spiro atoms. The number of esters is 1. The second-order valence-corrected chi connectivity index (χ2v) is 4.71. The van der Waals surface area contributed by atoms with Crippen molar-refractivity contribution in [3.63, 3.8) is 0 Å². The molecule has 0 saturated carbocycles. The Hall–Kier alpha value is -2.82. The fourth-order valence-corrected chi connectivity index (χ4v) is 1.77. The molecule has 0 aliphatic rings. The van der Waals surface area contributed by atoms with Crippen molar-refractivity contribution < 1.29 is 18.7 Å². The molecular weight excluding hydrogens is 282 g/mol. The molecule has 0 fully saturated rings. The number of carbonyl (C=O) groups is 2. The minimum absolute atomic E-state index is 0.266. The number of ether oxygens (including phenoxy) is 1. The molecule has 0 aliphatic carbocycles. The van der Waals surface area contributed by atoms with E-state index in [1.807, 2.05) is 31.2 Å². The van der Waals surface area contributed by atoms with E-state index in [1.165, 1.54) is 12.3 Å². The number of hydrogen-bond donors (Lipinski definition) is 1. The van der Waals surface area contributed by atoms with E-state index < -0.39 is 5.97 Å². The van der Waals surface area contributed by atoms with Crippen molar-refractivity contribution >= 4 is 18.0 Å². The summed E-state index contributed by atoms with van der Waals surface area (Å²) < 4.78 is 9.93. The highest BCUT2D eigenvalue weighted by Crippen LogP contribution is 2.05. The maximum Gasteiger partial charge on any atom is 0.331 e. The number of amides is 1. The van der Waals surface area contributed by atoms with Crippen molar-refractivity contribution in [1.29, 1.82) is 0 Å². The van der Waals surface area contributed by atoms with Gasteiger partial charge in [-0.25, -0.2) is 4.79 Å². The van der Waals surface area contributed by atoms with E-state index in [2.05, 4.69) is 5.32 Å². The molecule has 1 amide bonds. The molecule has 2 rings (SSSR count). The van der Waals surface area contributed by atoms with Crippen molar-refractivity contribution in [2.45, 2.75) is 13.5 Å². The van der Waals surface area contributed by atoms with Crippen LogP contribution < -0.4 is 5.32 Å². The van der Waals surface area contributed by atoms with E-state index >= 15 is 0 Å². The van der Waals surface area contributed by atoms with Crippen LogP contribution in [0, 0.1) is 6.92 Å². The fourth-order valence-electron chi connectivity index (χ4n) is 1.77. The van der Waals surface area contributed by atoms with E-state index in [9.17, 15) is 9.59 Å². The SMILES string of the molecule is Cc1cccc(/C=C/C(=O)OCC(=O)NCc2ccco2)c1. The quantitative estimate of drug-likeness (QED) is 0.657. The van der Waals surface area contributed by atoms with Crippen molar-refractivity contribution in [2.75, 3.05) is 6.61 Å². The maximum absolute atomic E-state index is 11.5. The summed E-state index contributed by atoms with van der Waals surface area (Å²) in [6.07, 6.45) is 4.47. The minimum atomic E-state index is -0.561. The third kappa shape index (κ3) is 5.28. The highest BCUT2D eigenvalue weighted by atomic mass is 16.5. The number of nitrogens with one attached hydrogen (secondary N) is 1. The van der Waals surface area contributed by atoms with Crippen LogP contribution in [0.25, 0.3) is 6.08 Å². The van der Waals surface area contributed by atoms with Gasteiger partial charge in [-0.1, -0.05) is 29.8 Å². The highest BCUT2D eigenvalue weighted by molar-refractivity contribution is 5.89. The number of aryl methyl sites for hydroxylation is 1. The molecule has 0 aliphatic heterocycles. The molecule has 0 saturated heterocycles. The zero-order chi connectivity index (χ0) is 15.8. The van der Waals surface area contributed by atoms with Gasteiger partial charge in [0.2, 0.25) is 0 Å². The van der Waals surface area contributed by atoms with E-state index in [-0.39, 0.29) is 19.1 Å². The normalized spacial score (nSPS) is 10.6. The van der Waals surface area contributed by atoms with E-state index in [4.69, 9.17) is 9.15 Å². The van der Waals surface area contributed by atoms with Gasteiger partial charge in [-0.2, -0.15) is 0 Å². The standard InChI is InChI=1S/C17H17NO4/c1-13-4-2-5-14(10-13)7-8-17(20)22-12-16(19)18-11-15-6-3-9-21-15/h2-10H,11-12H2,1H3,(H,18,19)/b8-7+. The Morgan fingerprint density at radius 3 is 2.86 bits per heavy atom. The molecule has 114 valence electrons. The van der Waals surface area contributed by atoms with Crippen molar-refractivity contribution in [3.8, 4) is 0 Å². The Labute approximate surface area is 128 Å². The van der Waals surface area contributed by atoms with Crippen LogP contribution in [0.4, 0.5) is 0 Å².